The Morgan fingerprint density at radius 2 is 2.19 bits per heavy atom. The predicted octanol–water partition coefficient (Wildman–Crippen LogP) is 2.59. The Hall–Kier alpha value is -0.660. The van der Waals surface area contributed by atoms with Gasteiger partial charge in [-0.3, -0.25) is 0 Å². The molecule has 0 aliphatic rings. The van der Waals surface area contributed by atoms with E-state index in [4.69, 9.17) is 10.5 Å². The Balaban J connectivity index is 2.78. The van der Waals surface area contributed by atoms with Crippen LogP contribution in [0.25, 0.3) is 0 Å². The van der Waals surface area contributed by atoms with Crippen LogP contribution in [0.1, 0.15) is 29.8 Å². The predicted molar refractivity (Wildman–Crippen MR) is 55.1 cm³/mol. The standard InChI is InChI=1S/C9H13F3N2OS/c1-3-15-5(2)7(13)6-4-14-8(16-6)9(10,11)12/h4-5,7H,3,13H2,1-2H3. The van der Waals surface area contributed by atoms with E-state index >= 15 is 0 Å². The van der Waals surface area contributed by atoms with Crippen LogP contribution >= 0.6 is 11.3 Å². The molecule has 0 saturated heterocycles. The van der Waals surface area contributed by atoms with Gasteiger partial charge in [0.25, 0.3) is 0 Å². The number of hydrogen-bond acceptors (Lipinski definition) is 4. The molecule has 2 unspecified atom stereocenters. The maximum absolute atomic E-state index is 12.3. The molecule has 0 fully saturated rings. The smallest absolute Gasteiger partial charge is 0.377 e. The Morgan fingerprint density at radius 1 is 1.56 bits per heavy atom. The number of nitrogens with zero attached hydrogens (tertiary/aromatic N) is 1. The first-order valence-electron chi connectivity index (χ1n) is 4.76. The lowest BCUT2D eigenvalue weighted by atomic mass is 10.2. The molecule has 0 spiro atoms. The quantitative estimate of drug-likeness (QED) is 0.898. The van der Waals surface area contributed by atoms with Gasteiger partial charge < -0.3 is 10.5 Å². The number of alkyl halides is 3. The summed E-state index contributed by atoms with van der Waals surface area (Å²) >= 11 is 0.561. The van der Waals surface area contributed by atoms with Crippen LogP contribution in [0.2, 0.25) is 0 Å². The van der Waals surface area contributed by atoms with Gasteiger partial charge >= 0.3 is 6.18 Å². The van der Waals surface area contributed by atoms with E-state index in [-0.39, 0.29) is 6.10 Å². The van der Waals surface area contributed by atoms with Gasteiger partial charge in [-0.25, -0.2) is 4.98 Å². The zero-order valence-electron chi connectivity index (χ0n) is 8.91. The van der Waals surface area contributed by atoms with Crippen LogP contribution in [0.5, 0.6) is 0 Å². The Kier molecular flexibility index (Phi) is 4.28. The van der Waals surface area contributed by atoms with E-state index in [0.29, 0.717) is 22.8 Å². The molecule has 1 aromatic rings. The highest BCUT2D eigenvalue weighted by Crippen LogP contribution is 2.34. The second-order valence-corrected chi connectivity index (χ2v) is 4.31. The number of hydrogen-bond donors (Lipinski definition) is 1. The Labute approximate surface area is 95.4 Å². The van der Waals surface area contributed by atoms with Crippen molar-refractivity contribution < 1.29 is 17.9 Å². The molecule has 16 heavy (non-hydrogen) atoms. The zero-order chi connectivity index (χ0) is 12.3. The molecule has 0 saturated carbocycles. The van der Waals surface area contributed by atoms with Gasteiger partial charge in [0.15, 0.2) is 5.01 Å². The molecule has 0 aliphatic carbocycles. The van der Waals surface area contributed by atoms with Gasteiger partial charge in [-0.1, -0.05) is 0 Å². The summed E-state index contributed by atoms with van der Waals surface area (Å²) in [6.07, 6.45) is -3.57. The average molecular weight is 254 g/mol. The van der Waals surface area contributed by atoms with Gasteiger partial charge in [0.2, 0.25) is 0 Å². The van der Waals surface area contributed by atoms with E-state index < -0.39 is 17.2 Å². The van der Waals surface area contributed by atoms with Crippen LogP contribution < -0.4 is 5.73 Å². The molecule has 0 aromatic carbocycles. The molecule has 0 aliphatic heterocycles. The second-order valence-electron chi connectivity index (χ2n) is 3.25. The SMILES string of the molecule is CCOC(C)C(N)c1cnc(C(F)(F)F)s1. The van der Waals surface area contributed by atoms with Crippen molar-refractivity contribution in [3.05, 3.63) is 16.1 Å². The van der Waals surface area contributed by atoms with Crippen LogP contribution in [0, 0.1) is 0 Å². The maximum Gasteiger partial charge on any atom is 0.443 e. The third kappa shape index (κ3) is 3.16. The first-order valence-corrected chi connectivity index (χ1v) is 5.58. The van der Waals surface area contributed by atoms with Crippen LogP contribution in [-0.2, 0) is 10.9 Å². The summed E-state index contributed by atoms with van der Waals surface area (Å²) in [6, 6.07) is -0.575. The first kappa shape index (κ1) is 13.4. The van der Waals surface area contributed by atoms with Crippen molar-refractivity contribution in [2.24, 2.45) is 5.73 Å². The van der Waals surface area contributed by atoms with E-state index in [1.165, 1.54) is 0 Å². The third-order valence-corrected chi connectivity index (χ3v) is 3.17. The van der Waals surface area contributed by atoms with Crippen LogP contribution in [0.15, 0.2) is 6.20 Å². The summed E-state index contributed by atoms with van der Waals surface area (Å²) in [7, 11) is 0. The number of halogens is 3. The van der Waals surface area contributed by atoms with Gasteiger partial charge in [-0.05, 0) is 13.8 Å². The molecule has 3 nitrogen and oxygen atoms in total. The van der Waals surface area contributed by atoms with E-state index in [9.17, 15) is 13.2 Å². The summed E-state index contributed by atoms with van der Waals surface area (Å²) < 4.78 is 42.1. The molecule has 92 valence electrons. The highest BCUT2D eigenvalue weighted by molar-refractivity contribution is 7.11. The van der Waals surface area contributed by atoms with Crippen LogP contribution in [-0.4, -0.2) is 17.7 Å². The molecular formula is C9H13F3N2OS. The van der Waals surface area contributed by atoms with Crippen molar-refractivity contribution in [1.82, 2.24) is 4.98 Å². The van der Waals surface area contributed by atoms with Gasteiger partial charge in [0.1, 0.15) is 0 Å². The fourth-order valence-corrected chi connectivity index (χ4v) is 2.05. The Morgan fingerprint density at radius 3 is 2.62 bits per heavy atom. The second kappa shape index (κ2) is 5.11. The number of nitrogens with two attached hydrogens (primary N) is 1. The molecule has 0 amide bonds. The molecule has 7 heteroatoms. The van der Waals surface area contributed by atoms with Crippen molar-refractivity contribution >= 4 is 11.3 Å². The van der Waals surface area contributed by atoms with Crippen molar-refractivity contribution in [3.8, 4) is 0 Å². The van der Waals surface area contributed by atoms with Crippen LogP contribution in [0.4, 0.5) is 13.2 Å². The lowest BCUT2D eigenvalue weighted by Crippen LogP contribution is -2.25. The summed E-state index contributed by atoms with van der Waals surface area (Å²) in [6.45, 7) is 4.00. The molecule has 2 atom stereocenters. The van der Waals surface area contributed by atoms with E-state index in [2.05, 4.69) is 4.98 Å². The maximum atomic E-state index is 12.3. The zero-order valence-corrected chi connectivity index (χ0v) is 9.73. The van der Waals surface area contributed by atoms with Crippen molar-refractivity contribution in [2.75, 3.05) is 6.61 Å². The lowest BCUT2D eigenvalue weighted by Gasteiger charge is -2.17. The van der Waals surface area contributed by atoms with E-state index in [1.807, 2.05) is 0 Å². The number of aromatic nitrogens is 1. The van der Waals surface area contributed by atoms with E-state index in [0.717, 1.165) is 6.20 Å². The topological polar surface area (TPSA) is 48.1 Å². The summed E-state index contributed by atoms with van der Waals surface area (Å²) in [4.78, 5) is 3.69. The minimum absolute atomic E-state index is 0.327. The number of rotatable bonds is 4. The Bertz CT molecular complexity index is 340. The van der Waals surface area contributed by atoms with Gasteiger partial charge in [0.05, 0.1) is 12.1 Å². The summed E-state index contributed by atoms with van der Waals surface area (Å²) in [5.74, 6) is 0. The van der Waals surface area contributed by atoms with Crippen molar-refractivity contribution in [3.63, 3.8) is 0 Å². The lowest BCUT2D eigenvalue weighted by molar-refractivity contribution is -0.137. The highest BCUT2D eigenvalue weighted by atomic mass is 32.1. The number of thiazole rings is 1. The summed E-state index contributed by atoms with van der Waals surface area (Å²) in [5.41, 5.74) is 5.76. The van der Waals surface area contributed by atoms with Crippen molar-refractivity contribution in [1.29, 1.82) is 0 Å². The van der Waals surface area contributed by atoms with Gasteiger partial charge in [-0.2, -0.15) is 13.2 Å². The highest BCUT2D eigenvalue weighted by Gasteiger charge is 2.35. The van der Waals surface area contributed by atoms with Crippen molar-refractivity contribution in [2.45, 2.75) is 32.2 Å². The third-order valence-electron chi connectivity index (χ3n) is 2.03. The van der Waals surface area contributed by atoms with Crippen LogP contribution in [0.3, 0.4) is 0 Å². The number of ether oxygens (including phenoxy) is 1. The minimum atomic E-state index is -4.41. The normalized spacial score (nSPS) is 16.1. The monoisotopic (exact) mass is 254 g/mol. The molecule has 0 radical (unpaired) electrons. The molecular weight excluding hydrogens is 241 g/mol. The first-order chi connectivity index (χ1) is 7.36. The fraction of sp³-hybridized carbons (Fsp3) is 0.667. The molecule has 1 rings (SSSR count). The fourth-order valence-electron chi connectivity index (χ4n) is 1.17. The average Bonchev–Trinajstić information content (AvgIpc) is 2.65. The van der Waals surface area contributed by atoms with E-state index in [1.54, 1.807) is 13.8 Å². The van der Waals surface area contributed by atoms with Gasteiger partial charge in [-0.15, -0.1) is 11.3 Å². The molecule has 2 N–H and O–H groups in total. The molecule has 1 aromatic heterocycles. The van der Waals surface area contributed by atoms with Gasteiger partial charge in [0, 0.05) is 17.7 Å². The minimum Gasteiger partial charge on any atom is -0.377 e. The molecule has 0 bridgehead atoms. The summed E-state index contributed by atoms with van der Waals surface area (Å²) in [5, 5.41) is -0.873. The largest absolute Gasteiger partial charge is 0.443 e. The molecule has 1 heterocycles.